The number of carbonyl (C=O) groups is 2. The van der Waals surface area contributed by atoms with Crippen LogP contribution in [-0.4, -0.2) is 43.1 Å². The monoisotopic (exact) mass is 407 g/mol. The molecule has 6 rings (SSSR count). The van der Waals surface area contributed by atoms with E-state index in [1.807, 2.05) is 0 Å². The van der Waals surface area contributed by atoms with Crippen LogP contribution in [0.3, 0.4) is 0 Å². The topological polar surface area (TPSA) is 71.1 Å². The molecule has 6 nitrogen and oxygen atoms in total. The summed E-state index contributed by atoms with van der Waals surface area (Å²) in [6, 6.07) is -1.32. The summed E-state index contributed by atoms with van der Waals surface area (Å²) in [6.45, 7) is 2.71. The molecule has 7 atom stereocenters. The van der Waals surface area contributed by atoms with Crippen molar-refractivity contribution in [2.24, 2.45) is 28.6 Å². The Morgan fingerprint density at radius 3 is 2.83 bits per heavy atom. The average Bonchev–Trinajstić information content (AvgIpc) is 3.49. The molecule has 2 spiro atoms. The van der Waals surface area contributed by atoms with Crippen molar-refractivity contribution in [1.82, 2.24) is 0 Å². The molecule has 1 unspecified atom stereocenters. The summed E-state index contributed by atoms with van der Waals surface area (Å²) in [6.07, 6.45) is -3.57. The van der Waals surface area contributed by atoms with Crippen molar-refractivity contribution in [3.05, 3.63) is 23.8 Å². The van der Waals surface area contributed by atoms with Crippen LogP contribution in [0.25, 0.3) is 0 Å². The Morgan fingerprint density at radius 1 is 1.21 bits per heavy atom. The minimum atomic E-state index is -2.66. The van der Waals surface area contributed by atoms with E-state index in [2.05, 4.69) is 0 Å². The lowest BCUT2D eigenvalue weighted by Crippen LogP contribution is -2.65. The average molecular weight is 408 g/mol. The number of rotatable bonds is 0. The Kier molecular flexibility index (Phi) is 2.44. The van der Waals surface area contributed by atoms with E-state index < -0.39 is 76.4 Å². The summed E-state index contributed by atoms with van der Waals surface area (Å²) in [5, 5.41) is 0. The molecule has 4 aliphatic carbocycles. The van der Waals surface area contributed by atoms with Gasteiger partial charge < -0.3 is 18.9 Å². The molecular formula is C23H28O6. The molecule has 0 bridgehead atoms. The van der Waals surface area contributed by atoms with Gasteiger partial charge in [-0.2, -0.15) is 0 Å². The zero-order chi connectivity index (χ0) is 26.3. The van der Waals surface area contributed by atoms with Gasteiger partial charge in [0.25, 0.3) is 0 Å². The summed E-state index contributed by atoms with van der Waals surface area (Å²) in [5.74, 6) is -7.43. The first-order valence-electron chi connectivity index (χ1n) is 13.6. The lowest BCUT2D eigenvalue weighted by Gasteiger charge is -2.58. The molecule has 6 aliphatic rings. The second-order valence-corrected chi connectivity index (χ2v) is 9.12. The van der Waals surface area contributed by atoms with Crippen molar-refractivity contribution in [3.8, 4) is 0 Å². The van der Waals surface area contributed by atoms with Gasteiger partial charge in [0.2, 0.25) is 5.79 Å². The van der Waals surface area contributed by atoms with Crippen LogP contribution in [0.2, 0.25) is 0 Å². The minimum absolute atomic E-state index is 0.0169. The lowest BCUT2D eigenvalue weighted by molar-refractivity contribution is -0.245. The van der Waals surface area contributed by atoms with Crippen LogP contribution in [0.1, 0.15) is 55.5 Å². The molecule has 0 amide bonds. The Bertz CT molecular complexity index is 1160. The molecule has 0 radical (unpaired) electrons. The van der Waals surface area contributed by atoms with Crippen LogP contribution >= 0.6 is 0 Å². The fraction of sp³-hybridized carbons (Fsp3) is 0.739. The van der Waals surface area contributed by atoms with Crippen LogP contribution in [0.5, 0.6) is 0 Å². The molecule has 0 N–H and O–H groups in total. The fourth-order valence-electron chi connectivity index (χ4n) is 6.69. The van der Waals surface area contributed by atoms with Crippen LogP contribution in [0.4, 0.5) is 0 Å². The van der Waals surface area contributed by atoms with Crippen LogP contribution in [0, 0.1) is 28.6 Å². The van der Waals surface area contributed by atoms with Gasteiger partial charge >= 0.3 is 0 Å². The molecule has 6 heteroatoms. The summed E-state index contributed by atoms with van der Waals surface area (Å²) in [5.41, 5.74) is -5.16. The molecule has 0 aromatic heterocycles. The van der Waals surface area contributed by atoms with E-state index in [1.165, 1.54) is 6.92 Å². The van der Waals surface area contributed by atoms with E-state index >= 15 is 0 Å². The third-order valence-corrected chi connectivity index (χ3v) is 8.05. The van der Waals surface area contributed by atoms with Crippen LogP contribution in [0.15, 0.2) is 23.8 Å². The molecule has 5 fully saturated rings. The van der Waals surface area contributed by atoms with Crippen molar-refractivity contribution < 1.29 is 38.1 Å². The number of hydrogen-bond donors (Lipinski definition) is 0. The second kappa shape index (κ2) is 5.67. The molecule has 3 saturated carbocycles. The minimum Gasteiger partial charge on any atom is -0.350 e. The van der Waals surface area contributed by atoms with Gasteiger partial charge in [-0.15, -0.1) is 0 Å². The Balaban J connectivity index is 1.60. The predicted octanol–water partition coefficient (Wildman–Crippen LogP) is 2.92. The van der Waals surface area contributed by atoms with E-state index in [4.69, 9.17) is 24.4 Å². The van der Waals surface area contributed by atoms with Crippen molar-refractivity contribution in [2.75, 3.05) is 20.2 Å². The number of ketones is 2. The van der Waals surface area contributed by atoms with Crippen LogP contribution < -0.4 is 0 Å². The quantitative estimate of drug-likeness (QED) is 0.615. The molecule has 2 saturated heterocycles. The summed E-state index contributed by atoms with van der Waals surface area (Å²) in [7, 11) is 0. The standard InChI is InChI=1S/C23H28O6/c1-20-7-5-15(24)9-14(20)3-4-16-17-6-8-22(21(17,2)10-18(25)19(16)20)23(29-13-27-22)11-26-12-28-23/h5,7,9,16-17,19H,3-4,6,8,10-13H2,1-2H3/t16-,17-,19+,20-,21-,22+,23?/m0/s1/i3D2,5D,9D,10D2,19D. The summed E-state index contributed by atoms with van der Waals surface area (Å²) >= 11 is 0. The first-order chi connectivity index (χ1) is 16.6. The van der Waals surface area contributed by atoms with Gasteiger partial charge in [0, 0.05) is 30.0 Å². The van der Waals surface area contributed by atoms with Gasteiger partial charge in [-0.1, -0.05) is 25.5 Å². The van der Waals surface area contributed by atoms with Gasteiger partial charge in [0.1, 0.15) is 18.0 Å². The highest BCUT2D eigenvalue weighted by Gasteiger charge is 2.76. The highest BCUT2D eigenvalue weighted by molar-refractivity contribution is 6.01. The Labute approximate surface area is 180 Å². The van der Waals surface area contributed by atoms with Gasteiger partial charge in [0.15, 0.2) is 19.4 Å². The SMILES string of the molecule is [2H]C1=C[C@@]2(C)C(=C([2H])C1=O)C([2H])([2H])C[C@H]1[C@@H]3CC[C@@]4(OCOC45COCO5)[C@@]3(C)C([2H])([2H])C(=O)[C@@]12[2H]. The summed E-state index contributed by atoms with van der Waals surface area (Å²) < 4.78 is 85.7. The molecule has 0 aromatic rings. The molecule has 0 aromatic carbocycles. The lowest BCUT2D eigenvalue weighted by atomic mass is 9.46. The van der Waals surface area contributed by atoms with E-state index in [0.29, 0.717) is 6.42 Å². The molecule has 2 heterocycles. The maximum absolute atomic E-state index is 14.3. The van der Waals surface area contributed by atoms with Crippen molar-refractivity contribution >= 4 is 11.6 Å². The largest absolute Gasteiger partial charge is 0.350 e. The Morgan fingerprint density at radius 2 is 2.03 bits per heavy atom. The van der Waals surface area contributed by atoms with E-state index in [1.54, 1.807) is 6.92 Å². The molecule has 2 aliphatic heterocycles. The predicted molar refractivity (Wildman–Crippen MR) is 101 cm³/mol. The van der Waals surface area contributed by atoms with Gasteiger partial charge in [0.05, 0.1) is 2.74 Å². The maximum atomic E-state index is 14.3. The normalized spacial score (nSPS) is 63.5. The van der Waals surface area contributed by atoms with Crippen molar-refractivity contribution in [3.63, 3.8) is 0 Å². The third-order valence-electron chi connectivity index (χ3n) is 8.05. The number of hydrogen-bond acceptors (Lipinski definition) is 6. The van der Waals surface area contributed by atoms with E-state index in [-0.39, 0.29) is 38.6 Å². The van der Waals surface area contributed by atoms with Gasteiger partial charge in [-0.05, 0) is 49.6 Å². The number of carbonyl (C=O) groups excluding carboxylic acids is 2. The van der Waals surface area contributed by atoms with Crippen molar-refractivity contribution in [1.29, 1.82) is 0 Å². The number of ether oxygens (including phenoxy) is 4. The number of allylic oxidation sites excluding steroid dienone is 4. The highest BCUT2D eigenvalue weighted by Crippen LogP contribution is 2.70. The first-order valence-corrected chi connectivity index (χ1v) is 10.1. The molecule has 29 heavy (non-hydrogen) atoms. The van der Waals surface area contributed by atoms with Gasteiger partial charge in [-0.3, -0.25) is 9.59 Å². The number of fused-ring (bicyclic) bond motifs is 7. The molecular weight excluding hydrogens is 372 g/mol. The maximum Gasteiger partial charge on any atom is 0.226 e. The first kappa shape index (κ1) is 12.5. The number of Topliss-reactive ketones (excluding diaryl/α,β-unsaturated/α-hetero) is 1. The Hall–Kier alpha value is -1.34. The van der Waals surface area contributed by atoms with Crippen molar-refractivity contribution in [2.45, 2.75) is 57.2 Å². The summed E-state index contributed by atoms with van der Waals surface area (Å²) in [4.78, 5) is 26.8. The zero-order valence-electron chi connectivity index (χ0n) is 23.4. The third kappa shape index (κ3) is 2.02. The van der Waals surface area contributed by atoms with E-state index in [9.17, 15) is 13.7 Å². The molecule has 156 valence electrons. The van der Waals surface area contributed by atoms with Gasteiger partial charge in [-0.25, -0.2) is 0 Å². The fourth-order valence-corrected chi connectivity index (χ4v) is 6.69. The van der Waals surface area contributed by atoms with Crippen LogP contribution in [-0.2, 0) is 28.5 Å². The van der Waals surface area contributed by atoms with E-state index in [0.717, 1.165) is 6.08 Å². The highest BCUT2D eigenvalue weighted by atomic mass is 16.9. The second-order valence-electron chi connectivity index (χ2n) is 9.12. The zero-order valence-corrected chi connectivity index (χ0v) is 16.4. The smallest absolute Gasteiger partial charge is 0.226 e.